The predicted molar refractivity (Wildman–Crippen MR) is 48.7 cm³/mol. The fraction of sp³-hybridized carbons (Fsp3) is 0.143. The second-order valence-electron chi connectivity index (χ2n) is 2.77. The molecule has 0 spiro atoms. The molecule has 0 saturated carbocycles. The van der Waals surface area contributed by atoms with E-state index >= 15 is 0 Å². The Bertz CT molecular complexity index is 362. The van der Waals surface area contributed by atoms with Gasteiger partial charge in [-0.1, -0.05) is 0 Å². The van der Waals surface area contributed by atoms with Gasteiger partial charge in [0.1, 0.15) is 6.67 Å². The third-order valence-electron chi connectivity index (χ3n) is 1.60. The highest BCUT2D eigenvalue weighted by Crippen LogP contribution is 2.01. The summed E-state index contributed by atoms with van der Waals surface area (Å²) < 4.78 is 3.36. The van der Waals surface area contributed by atoms with Gasteiger partial charge in [-0.2, -0.15) is 10.2 Å². The van der Waals surface area contributed by atoms with Crippen LogP contribution >= 0.6 is 0 Å². The molecule has 0 fully saturated rings. The molecule has 6 heteroatoms. The number of rotatable bonds is 2. The molecule has 0 aromatic carbocycles. The van der Waals surface area contributed by atoms with Gasteiger partial charge in [0.25, 0.3) is 0 Å². The second-order valence-corrected chi connectivity index (χ2v) is 2.77. The number of nitrogens with zero attached hydrogens (tertiary/aromatic N) is 4. The zero-order valence-corrected chi connectivity index (χ0v) is 6.96. The average molecular weight is 178 g/mol. The van der Waals surface area contributed by atoms with E-state index in [0.29, 0.717) is 18.0 Å². The lowest BCUT2D eigenvalue weighted by molar-refractivity contribution is 0.503. The minimum Gasteiger partial charge on any atom is -0.396 e. The van der Waals surface area contributed by atoms with Crippen molar-refractivity contribution in [3.8, 4) is 0 Å². The topological polar surface area (TPSA) is 87.7 Å². The first-order valence-electron chi connectivity index (χ1n) is 3.80. The summed E-state index contributed by atoms with van der Waals surface area (Å²) in [4.78, 5) is 0. The lowest BCUT2D eigenvalue weighted by atomic mass is 10.6. The minimum atomic E-state index is 0.522. The lowest BCUT2D eigenvalue weighted by Gasteiger charge is -1.99. The van der Waals surface area contributed by atoms with Crippen LogP contribution < -0.4 is 11.5 Å². The van der Waals surface area contributed by atoms with Crippen LogP contribution in [0.2, 0.25) is 0 Å². The normalized spacial score (nSPS) is 10.5. The SMILES string of the molecule is Nc1cnn(Cn2cc(N)cn2)c1. The van der Waals surface area contributed by atoms with Crippen molar-refractivity contribution >= 4 is 11.4 Å². The molecule has 68 valence electrons. The number of hydrogen-bond donors (Lipinski definition) is 2. The molecule has 0 bridgehead atoms. The van der Waals surface area contributed by atoms with Gasteiger partial charge in [0.2, 0.25) is 0 Å². The first-order chi connectivity index (χ1) is 6.24. The van der Waals surface area contributed by atoms with Gasteiger partial charge in [0, 0.05) is 0 Å². The van der Waals surface area contributed by atoms with E-state index in [2.05, 4.69) is 10.2 Å². The molecule has 4 N–H and O–H groups in total. The Morgan fingerprint density at radius 3 is 1.77 bits per heavy atom. The maximum absolute atomic E-state index is 5.50. The molecule has 2 rings (SSSR count). The Morgan fingerprint density at radius 1 is 1.00 bits per heavy atom. The quantitative estimate of drug-likeness (QED) is 0.663. The van der Waals surface area contributed by atoms with E-state index in [1.54, 1.807) is 34.2 Å². The Balaban J connectivity index is 2.14. The highest BCUT2D eigenvalue weighted by Gasteiger charge is 1.96. The van der Waals surface area contributed by atoms with Gasteiger partial charge in [0.05, 0.1) is 36.2 Å². The average Bonchev–Trinajstić information content (AvgIpc) is 2.62. The van der Waals surface area contributed by atoms with E-state index in [1.165, 1.54) is 0 Å². The second kappa shape index (κ2) is 2.81. The first kappa shape index (κ1) is 7.66. The summed E-state index contributed by atoms with van der Waals surface area (Å²) in [6, 6.07) is 0. The molecule has 0 unspecified atom stereocenters. The summed E-state index contributed by atoms with van der Waals surface area (Å²) in [5, 5.41) is 8.02. The Labute approximate surface area is 74.7 Å². The van der Waals surface area contributed by atoms with E-state index in [1.807, 2.05) is 0 Å². The molecular weight excluding hydrogens is 168 g/mol. The van der Waals surface area contributed by atoms with Crippen LogP contribution in [-0.4, -0.2) is 19.6 Å². The molecule has 0 saturated heterocycles. The molecule has 2 aromatic heterocycles. The van der Waals surface area contributed by atoms with Crippen molar-refractivity contribution in [3.63, 3.8) is 0 Å². The summed E-state index contributed by atoms with van der Waals surface area (Å²) in [5.41, 5.74) is 12.3. The molecule has 0 atom stereocenters. The maximum Gasteiger partial charge on any atom is 0.133 e. The van der Waals surface area contributed by atoms with Crippen molar-refractivity contribution in [3.05, 3.63) is 24.8 Å². The molecule has 0 aliphatic heterocycles. The van der Waals surface area contributed by atoms with Crippen molar-refractivity contribution in [1.82, 2.24) is 19.6 Å². The monoisotopic (exact) mass is 178 g/mol. The largest absolute Gasteiger partial charge is 0.396 e. The van der Waals surface area contributed by atoms with Crippen LogP contribution in [0.25, 0.3) is 0 Å². The zero-order valence-electron chi connectivity index (χ0n) is 6.96. The number of aromatic nitrogens is 4. The van der Waals surface area contributed by atoms with Gasteiger partial charge in [-0.15, -0.1) is 0 Å². The zero-order chi connectivity index (χ0) is 9.26. The van der Waals surface area contributed by atoms with Crippen molar-refractivity contribution in [2.75, 3.05) is 11.5 Å². The predicted octanol–water partition coefficient (Wildman–Crippen LogP) is -0.250. The van der Waals surface area contributed by atoms with E-state index < -0.39 is 0 Å². The van der Waals surface area contributed by atoms with E-state index in [-0.39, 0.29) is 0 Å². The smallest absolute Gasteiger partial charge is 0.133 e. The fourth-order valence-electron chi connectivity index (χ4n) is 1.06. The summed E-state index contributed by atoms with van der Waals surface area (Å²) in [7, 11) is 0. The molecule has 2 aromatic rings. The van der Waals surface area contributed by atoms with E-state index in [9.17, 15) is 0 Å². The summed E-state index contributed by atoms with van der Waals surface area (Å²) in [5.74, 6) is 0. The van der Waals surface area contributed by atoms with Gasteiger partial charge in [0.15, 0.2) is 0 Å². The van der Waals surface area contributed by atoms with Gasteiger partial charge >= 0.3 is 0 Å². The fourth-order valence-corrected chi connectivity index (χ4v) is 1.06. The van der Waals surface area contributed by atoms with E-state index in [4.69, 9.17) is 11.5 Å². The van der Waals surface area contributed by atoms with Crippen molar-refractivity contribution in [1.29, 1.82) is 0 Å². The maximum atomic E-state index is 5.50. The van der Waals surface area contributed by atoms with Gasteiger partial charge in [-0.3, -0.25) is 0 Å². The van der Waals surface area contributed by atoms with Crippen LogP contribution in [0.1, 0.15) is 0 Å². The van der Waals surface area contributed by atoms with Gasteiger partial charge in [-0.25, -0.2) is 9.36 Å². The molecule has 0 aliphatic carbocycles. The number of nitrogens with two attached hydrogens (primary N) is 2. The number of hydrogen-bond acceptors (Lipinski definition) is 4. The van der Waals surface area contributed by atoms with Gasteiger partial charge in [-0.05, 0) is 0 Å². The molecular formula is C7H10N6. The van der Waals surface area contributed by atoms with Crippen LogP contribution in [0.4, 0.5) is 11.4 Å². The molecule has 0 aliphatic rings. The highest BCUT2D eigenvalue weighted by molar-refractivity contribution is 5.31. The van der Waals surface area contributed by atoms with Crippen LogP contribution in [0.5, 0.6) is 0 Å². The van der Waals surface area contributed by atoms with E-state index in [0.717, 1.165) is 0 Å². The molecule has 6 nitrogen and oxygen atoms in total. The highest BCUT2D eigenvalue weighted by atomic mass is 15.4. The third kappa shape index (κ3) is 1.61. The standard InChI is InChI=1S/C7H10N6/c8-6-1-10-12(3-6)5-13-4-7(9)2-11-13/h1-4H,5,8-9H2. The molecule has 0 amide bonds. The molecule has 13 heavy (non-hydrogen) atoms. The van der Waals surface area contributed by atoms with Crippen molar-refractivity contribution in [2.45, 2.75) is 6.67 Å². The third-order valence-corrected chi connectivity index (χ3v) is 1.60. The number of anilines is 2. The Kier molecular flexibility index (Phi) is 1.66. The van der Waals surface area contributed by atoms with Crippen LogP contribution in [0.3, 0.4) is 0 Å². The Morgan fingerprint density at radius 2 is 1.46 bits per heavy atom. The molecule has 0 radical (unpaired) electrons. The van der Waals surface area contributed by atoms with Crippen LogP contribution in [0.15, 0.2) is 24.8 Å². The Hall–Kier alpha value is -1.98. The van der Waals surface area contributed by atoms with Crippen LogP contribution in [0, 0.1) is 0 Å². The van der Waals surface area contributed by atoms with Crippen LogP contribution in [-0.2, 0) is 6.67 Å². The number of nitrogen functional groups attached to an aromatic ring is 2. The first-order valence-corrected chi connectivity index (χ1v) is 3.80. The van der Waals surface area contributed by atoms with Crippen molar-refractivity contribution in [2.24, 2.45) is 0 Å². The summed E-state index contributed by atoms with van der Waals surface area (Å²) in [6.07, 6.45) is 6.65. The minimum absolute atomic E-state index is 0.522. The molecule has 2 heterocycles. The summed E-state index contributed by atoms with van der Waals surface area (Å²) in [6.45, 7) is 0.522. The summed E-state index contributed by atoms with van der Waals surface area (Å²) >= 11 is 0. The van der Waals surface area contributed by atoms with Gasteiger partial charge < -0.3 is 11.5 Å². The van der Waals surface area contributed by atoms with Crippen molar-refractivity contribution < 1.29 is 0 Å². The lowest BCUT2D eigenvalue weighted by Crippen LogP contribution is -2.08.